The van der Waals surface area contributed by atoms with Crippen molar-refractivity contribution in [2.75, 3.05) is 44.7 Å². The van der Waals surface area contributed by atoms with Crippen LogP contribution >= 0.6 is 0 Å². The van der Waals surface area contributed by atoms with Gasteiger partial charge in [0.05, 0.1) is 24.7 Å². The van der Waals surface area contributed by atoms with Gasteiger partial charge in [-0.05, 0) is 75.6 Å². The molecule has 0 aliphatic carbocycles. The predicted molar refractivity (Wildman–Crippen MR) is 153 cm³/mol. The number of rotatable bonds is 10. The Bertz CT molecular complexity index is 1320. The monoisotopic (exact) mass is 566 g/mol. The minimum Gasteiger partial charge on any atom is -0.444 e. The highest BCUT2D eigenvalue weighted by Gasteiger charge is 2.27. The van der Waals surface area contributed by atoms with Crippen LogP contribution < -0.4 is 10.2 Å². The fraction of sp³-hybridized carbons (Fsp3) is 0.467. The fourth-order valence-corrected chi connectivity index (χ4v) is 4.48. The van der Waals surface area contributed by atoms with Crippen LogP contribution in [0.25, 0.3) is 0 Å². The predicted octanol–water partition coefficient (Wildman–Crippen LogP) is 3.57. The number of hydrazine groups is 1. The number of halogens is 1. The van der Waals surface area contributed by atoms with Crippen LogP contribution in [0.1, 0.15) is 49.9 Å². The summed E-state index contributed by atoms with van der Waals surface area (Å²) in [6.07, 6.45) is -0.478. The molecule has 0 saturated heterocycles. The molecule has 0 bridgehead atoms. The van der Waals surface area contributed by atoms with Crippen molar-refractivity contribution < 1.29 is 23.5 Å². The van der Waals surface area contributed by atoms with Gasteiger partial charge in [0.25, 0.3) is 5.91 Å². The van der Waals surface area contributed by atoms with Crippen LogP contribution in [0.3, 0.4) is 0 Å². The molecule has 0 unspecified atom stereocenters. The number of ether oxygens (including phenoxy) is 1. The number of carbonyl (C=O) groups is 3. The lowest BCUT2D eigenvalue weighted by molar-refractivity contribution is -0.145. The van der Waals surface area contributed by atoms with Crippen molar-refractivity contribution in [3.05, 3.63) is 64.5 Å². The van der Waals surface area contributed by atoms with Crippen LogP contribution in [-0.4, -0.2) is 78.2 Å². The van der Waals surface area contributed by atoms with E-state index in [0.29, 0.717) is 30.9 Å². The zero-order valence-electron chi connectivity index (χ0n) is 24.7. The Morgan fingerprint density at radius 2 is 1.73 bits per heavy atom. The molecule has 3 rings (SSSR count). The second-order valence-corrected chi connectivity index (χ2v) is 11.0. The number of hydrogen-bond acceptors (Lipinski definition) is 7. The lowest BCUT2D eigenvalue weighted by Crippen LogP contribution is -2.48. The number of nitrogens with one attached hydrogen (secondary N) is 1. The molecule has 1 aliphatic heterocycles. The van der Waals surface area contributed by atoms with Gasteiger partial charge in [-0.1, -0.05) is 12.1 Å². The number of hydrogen-bond donors (Lipinski definition) is 1. The van der Waals surface area contributed by atoms with E-state index in [9.17, 15) is 24.0 Å². The topological polar surface area (TPSA) is 109 Å². The average molecular weight is 567 g/mol. The van der Waals surface area contributed by atoms with Crippen molar-refractivity contribution in [3.63, 3.8) is 0 Å². The van der Waals surface area contributed by atoms with E-state index in [1.54, 1.807) is 52.1 Å². The normalized spacial score (nSPS) is 12.8. The summed E-state index contributed by atoms with van der Waals surface area (Å²) >= 11 is 0. The van der Waals surface area contributed by atoms with Crippen LogP contribution in [0.5, 0.6) is 0 Å². The summed E-state index contributed by atoms with van der Waals surface area (Å²) in [5.41, 5.74) is 2.90. The molecule has 0 saturated carbocycles. The van der Waals surface area contributed by atoms with E-state index < -0.39 is 11.7 Å². The van der Waals surface area contributed by atoms with Crippen LogP contribution in [0, 0.1) is 24.1 Å². The summed E-state index contributed by atoms with van der Waals surface area (Å²) in [7, 11) is 1.65. The minimum atomic E-state index is -0.657. The molecule has 41 heavy (non-hydrogen) atoms. The Kier molecular flexibility index (Phi) is 10.4. The number of likely N-dealkylation sites (N-methyl/N-ethyl adjacent to an activating group) is 2. The fourth-order valence-electron chi connectivity index (χ4n) is 4.48. The van der Waals surface area contributed by atoms with Crippen molar-refractivity contribution in [2.24, 2.45) is 0 Å². The summed E-state index contributed by atoms with van der Waals surface area (Å²) in [6, 6.07) is 11.8. The van der Waals surface area contributed by atoms with Gasteiger partial charge in [0.1, 0.15) is 11.4 Å². The molecule has 2 aromatic carbocycles. The average Bonchev–Trinajstić information content (AvgIpc) is 3.33. The lowest BCUT2D eigenvalue weighted by Gasteiger charge is -2.30. The first-order valence-corrected chi connectivity index (χ1v) is 13.6. The number of carbonyl (C=O) groups excluding carboxylic acids is 3. The summed E-state index contributed by atoms with van der Waals surface area (Å²) in [5.74, 6) is -0.877. The molecule has 11 heteroatoms. The van der Waals surface area contributed by atoms with Gasteiger partial charge in [0, 0.05) is 45.5 Å². The molecular weight excluding hydrogens is 527 g/mol. The van der Waals surface area contributed by atoms with Gasteiger partial charge in [-0.25, -0.2) is 14.2 Å². The molecule has 0 radical (unpaired) electrons. The Morgan fingerprint density at radius 1 is 1.05 bits per heavy atom. The highest BCUT2D eigenvalue weighted by Crippen LogP contribution is 2.25. The summed E-state index contributed by atoms with van der Waals surface area (Å²) < 4.78 is 19.1. The van der Waals surface area contributed by atoms with Crippen molar-refractivity contribution in [2.45, 2.75) is 53.3 Å². The number of nitriles is 1. The smallest absolute Gasteiger partial charge is 0.410 e. The largest absolute Gasteiger partial charge is 0.444 e. The first-order chi connectivity index (χ1) is 19.3. The van der Waals surface area contributed by atoms with E-state index in [4.69, 9.17) is 4.74 Å². The third-order valence-corrected chi connectivity index (χ3v) is 6.77. The van der Waals surface area contributed by atoms with Crippen molar-refractivity contribution >= 4 is 23.6 Å². The Morgan fingerprint density at radius 3 is 2.39 bits per heavy atom. The molecule has 0 spiro atoms. The maximum absolute atomic E-state index is 13.6. The molecule has 1 aliphatic rings. The Hall–Kier alpha value is -4.01. The van der Waals surface area contributed by atoms with Gasteiger partial charge in [-0.15, -0.1) is 0 Å². The first kappa shape index (κ1) is 31.5. The molecule has 0 fully saturated rings. The molecule has 1 N–H and O–H groups in total. The van der Waals surface area contributed by atoms with Gasteiger partial charge < -0.3 is 14.5 Å². The van der Waals surface area contributed by atoms with E-state index in [2.05, 4.69) is 11.4 Å². The summed E-state index contributed by atoms with van der Waals surface area (Å²) in [6.45, 7) is 10.5. The maximum atomic E-state index is 13.6. The number of aryl methyl sites for hydroxylation is 1. The highest BCUT2D eigenvalue weighted by atomic mass is 19.1. The summed E-state index contributed by atoms with van der Waals surface area (Å²) in [5, 5.41) is 15.7. The SMILES string of the molecule is CCN(CCN(C(=O)CNCC(=O)N(C)N1Cc2ccc(F)cc2C1)c1cc(C#N)ccc1C)C(=O)OC(C)(C)C. The quantitative estimate of drug-likeness (QED) is 0.468. The molecular formula is C30H39FN6O4. The van der Waals surface area contributed by atoms with Gasteiger partial charge >= 0.3 is 6.09 Å². The van der Waals surface area contributed by atoms with Gasteiger partial charge in [-0.2, -0.15) is 5.26 Å². The zero-order valence-corrected chi connectivity index (χ0v) is 24.7. The number of anilines is 1. The molecule has 3 amide bonds. The Balaban J connectivity index is 1.65. The van der Waals surface area contributed by atoms with Gasteiger partial charge in [0.15, 0.2) is 0 Å². The zero-order chi connectivity index (χ0) is 30.3. The Labute approximate surface area is 241 Å². The van der Waals surface area contributed by atoms with Crippen molar-refractivity contribution in [3.8, 4) is 6.07 Å². The molecule has 1 heterocycles. The van der Waals surface area contributed by atoms with Crippen molar-refractivity contribution in [1.82, 2.24) is 20.2 Å². The highest BCUT2D eigenvalue weighted by molar-refractivity contribution is 5.96. The molecule has 2 aromatic rings. The van der Waals surface area contributed by atoms with Gasteiger partial charge in [0.2, 0.25) is 5.91 Å². The molecule has 10 nitrogen and oxygen atoms in total. The van der Waals surface area contributed by atoms with E-state index in [1.165, 1.54) is 26.9 Å². The van der Waals surface area contributed by atoms with Crippen LogP contribution in [0.4, 0.5) is 14.9 Å². The third-order valence-electron chi connectivity index (χ3n) is 6.77. The molecule has 0 aromatic heterocycles. The van der Waals surface area contributed by atoms with E-state index in [1.807, 2.05) is 18.9 Å². The molecule has 220 valence electrons. The van der Waals surface area contributed by atoms with Crippen LogP contribution in [0.2, 0.25) is 0 Å². The second kappa shape index (κ2) is 13.6. The van der Waals surface area contributed by atoms with E-state index in [-0.39, 0.29) is 43.8 Å². The minimum absolute atomic E-state index is 0.0898. The van der Waals surface area contributed by atoms with Gasteiger partial charge in [-0.3, -0.25) is 19.9 Å². The van der Waals surface area contributed by atoms with E-state index in [0.717, 1.165) is 16.7 Å². The summed E-state index contributed by atoms with van der Waals surface area (Å²) in [4.78, 5) is 42.0. The first-order valence-electron chi connectivity index (χ1n) is 13.6. The van der Waals surface area contributed by atoms with Crippen LogP contribution in [0.15, 0.2) is 36.4 Å². The number of nitrogens with zero attached hydrogens (tertiary/aromatic N) is 5. The number of benzene rings is 2. The lowest BCUT2D eigenvalue weighted by atomic mass is 10.1. The number of fused-ring (bicyclic) bond motifs is 1. The standard InChI is InChI=1S/C30H39FN6O4/c1-7-35(29(40)41-30(3,4)5)12-13-37(26-14-22(16-32)9-8-21(26)2)28(39)18-33-17-27(38)34(6)36-19-23-10-11-25(31)15-24(23)20-36/h8-11,14-15,33H,7,12-13,17-20H2,1-6H3. The van der Waals surface area contributed by atoms with E-state index >= 15 is 0 Å². The maximum Gasteiger partial charge on any atom is 0.410 e. The van der Waals surface area contributed by atoms with Crippen molar-refractivity contribution in [1.29, 1.82) is 5.26 Å². The third kappa shape index (κ3) is 8.49. The molecule has 0 atom stereocenters. The second-order valence-electron chi connectivity index (χ2n) is 11.0. The number of amides is 3. The van der Waals surface area contributed by atoms with Crippen LogP contribution in [-0.2, 0) is 27.4 Å².